The Labute approximate surface area is 152 Å². The minimum atomic E-state index is -3.81. The molecule has 6 nitrogen and oxygen atoms in total. The lowest BCUT2D eigenvalue weighted by molar-refractivity contribution is -0.385. The van der Waals surface area contributed by atoms with E-state index in [0.717, 1.165) is 16.1 Å². The van der Waals surface area contributed by atoms with Crippen molar-refractivity contribution in [3.63, 3.8) is 0 Å². The summed E-state index contributed by atoms with van der Waals surface area (Å²) in [4.78, 5) is 10.3. The highest BCUT2D eigenvalue weighted by Gasteiger charge is 2.37. The van der Waals surface area contributed by atoms with Crippen LogP contribution in [-0.4, -0.2) is 29.9 Å². The minimum absolute atomic E-state index is 0.0543. The lowest BCUT2D eigenvalue weighted by atomic mass is 10.2. The van der Waals surface area contributed by atoms with Crippen LogP contribution in [0.15, 0.2) is 57.9 Å². The molecule has 24 heavy (non-hydrogen) atoms. The van der Waals surface area contributed by atoms with Gasteiger partial charge >= 0.3 is 0 Å². The number of hydrogen-bond acceptors (Lipinski definition) is 5. The van der Waals surface area contributed by atoms with Gasteiger partial charge in [-0.15, -0.1) is 11.8 Å². The van der Waals surface area contributed by atoms with Crippen LogP contribution in [0.2, 0.25) is 0 Å². The number of sulfonamides is 1. The average molecular weight is 429 g/mol. The maximum Gasteiger partial charge on any atom is 0.270 e. The molecule has 126 valence electrons. The van der Waals surface area contributed by atoms with Crippen LogP contribution in [0.4, 0.5) is 5.69 Å². The van der Waals surface area contributed by atoms with Crippen LogP contribution >= 0.6 is 27.7 Å². The summed E-state index contributed by atoms with van der Waals surface area (Å²) < 4.78 is 28.2. The van der Waals surface area contributed by atoms with Crippen molar-refractivity contribution in [2.24, 2.45) is 0 Å². The third kappa shape index (κ3) is 3.34. The van der Waals surface area contributed by atoms with Crippen molar-refractivity contribution in [1.82, 2.24) is 4.31 Å². The molecule has 1 aliphatic heterocycles. The van der Waals surface area contributed by atoms with Gasteiger partial charge in [0.1, 0.15) is 0 Å². The first-order chi connectivity index (χ1) is 11.4. The maximum atomic E-state index is 12.9. The molecule has 0 bridgehead atoms. The number of nitrogens with zero attached hydrogens (tertiary/aromatic N) is 2. The third-order valence-electron chi connectivity index (χ3n) is 3.64. The SMILES string of the molecule is O=[N+]([O-])c1cccc(S(=O)(=O)N2CCS[C@@H]2c2ccc(Br)cc2)c1. The number of thioether (sulfide) groups is 1. The van der Waals surface area contributed by atoms with E-state index in [2.05, 4.69) is 15.9 Å². The Bertz CT molecular complexity index is 871. The molecular formula is C15H13BrN2O4S2. The van der Waals surface area contributed by atoms with Gasteiger partial charge in [0.15, 0.2) is 0 Å². The third-order valence-corrected chi connectivity index (χ3v) is 7.42. The summed E-state index contributed by atoms with van der Waals surface area (Å²) in [6, 6.07) is 12.7. The second-order valence-electron chi connectivity index (χ2n) is 5.14. The summed E-state index contributed by atoms with van der Waals surface area (Å²) in [5.74, 6) is 0.675. The molecule has 1 heterocycles. The monoisotopic (exact) mass is 428 g/mol. The fourth-order valence-corrected chi connectivity index (χ4v) is 6.03. The number of nitro groups is 1. The van der Waals surface area contributed by atoms with E-state index in [1.54, 1.807) is 0 Å². The lowest BCUT2D eigenvalue weighted by Gasteiger charge is -2.23. The topological polar surface area (TPSA) is 80.5 Å². The second-order valence-corrected chi connectivity index (χ2v) is 9.14. The molecule has 1 saturated heterocycles. The molecule has 2 aromatic carbocycles. The van der Waals surface area contributed by atoms with Crippen molar-refractivity contribution in [3.8, 4) is 0 Å². The summed E-state index contributed by atoms with van der Waals surface area (Å²) in [6.45, 7) is 0.371. The first-order valence-corrected chi connectivity index (χ1v) is 10.3. The van der Waals surface area contributed by atoms with Crippen molar-refractivity contribution in [2.75, 3.05) is 12.3 Å². The van der Waals surface area contributed by atoms with Gasteiger partial charge in [-0.2, -0.15) is 4.31 Å². The molecule has 1 fully saturated rings. The number of rotatable bonds is 4. The molecule has 0 N–H and O–H groups in total. The highest BCUT2D eigenvalue weighted by Crippen LogP contribution is 2.41. The van der Waals surface area contributed by atoms with E-state index in [9.17, 15) is 18.5 Å². The molecule has 9 heteroatoms. The van der Waals surface area contributed by atoms with Crippen LogP contribution in [0.25, 0.3) is 0 Å². The van der Waals surface area contributed by atoms with Crippen molar-refractivity contribution in [3.05, 3.63) is 68.7 Å². The van der Waals surface area contributed by atoms with Gasteiger partial charge in [0.2, 0.25) is 10.0 Å². The Hall–Kier alpha value is -1.42. The van der Waals surface area contributed by atoms with Gasteiger partial charge in [0.25, 0.3) is 5.69 Å². The van der Waals surface area contributed by atoms with Gasteiger partial charge in [-0.1, -0.05) is 34.1 Å². The van der Waals surface area contributed by atoms with E-state index in [-0.39, 0.29) is 16.0 Å². The zero-order chi connectivity index (χ0) is 17.3. The second kappa shape index (κ2) is 6.83. The first-order valence-electron chi connectivity index (χ1n) is 7.03. The summed E-state index contributed by atoms with van der Waals surface area (Å²) in [7, 11) is -3.81. The number of nitro benzene ring substituents is 1. The van der Waals surface area contributed by atoms with E-state index in [4.69, 9.17) is 0 Å². The van der Waals surface area contributed by atoms with E-state index in [0.29, 0.717) is 12.3 Å². The molecule has 0 spiro atoms. The molecule has 0 aromatic heterocycles. The summed E-state index contributed by atoms with van der Waals surface area (Å²) in [5, 5.41) is 10.6. The zero-order valence-corrected chi connectivity index (χ0v) is 15.6. The number of non-ortho nitro benzene ring substituents is 1. The zero-order valence-electron chi connectivity index (χ0n) is 12.3. The number of hydrogen-bond donors (Lipinski definition) is 0. The number of halogens is 1. The largest absolute Gasteiger partial charge is 0.270 e. The predicted octanol–water partition coefficient (Wildman–Crippen LogP) is 3.79. The van der Waals surface area contributed by atoms with Gasteiger partial charge in [0.05, 0.1) is 15.2 Å². The summed E-state index contributed by atoms with van der Waals surface area (Å²) in [5.41, 5.74) is 0.651. The van der Waals surface area contributed by atoms with Crippen LogP contribution in [0.5, 0.6) is 0 Å². The Morgan fingerprint density at radius 2 is 1.92 bits per heavy atom. The molecule has 0 amide bonds. The van der Waals surface area contributed by atoms with E-state index < -0.39 is 14.9 Å². The minimum Gasteiger partial charge on any atom is -0.258 e. The number of benzene rings is 2. The quantitative estimate of drug-likeness (QED) is 0.546. The van der Waals surface area contributed by atoms with Crippen molar-refractivity contribution in [2.45, 2.75) is 10.3 Å². The average Bonchev–Trinajstić information content (AvgIpc) is 3.06. The molecule has 1 aliphatic rings. The molecule has 0 radical (unpaired) electrons. The Morgan fingerprint density at radius 1 is 1.21 bits per heavy atom. The summed E-state index contributed by atoms with van der Waals surface area (Å²) in [6.07, 6.45) is 0. The van der Waals surface area contributed by atoms with E-state index in [1.807, 2.05) is 24.3 Å². The van der Waals surface area contributed by atoms with E-state index in [1.165, 1.54) is 34.3 Å². The maximum absolute atomic E-state index is 12.9. The van der Waals surface area contributed by atoms with E-state index >= 15 is 0 Å². The highest BCUT2D eigenvalue weighted by atomic mass is 79.9. The van der Waals surface area contributed by atoms with Crippen LogP contribution in [0.1, 0.15) is 10.9 Å². The van der Waals surface area contributed by atoms with Gasteiger partial charge in [-0.3, -0.25) is 10.1 Å². The standard InChI is InChI=1S/C15H13BrN2O4S2/c16-12-6-4-11(5-7-12)15-17(8-9-23-15)24(21,22)14-3-1-2-13(10-14)18(19)20/h1-7,10,15H,8-9H2/t15-/m1/s1. The molecule has 1 atom stereocenters. The van der Waals surface area contributed by atoms with Crippen molar-refractivity contribution < 1.29 is 13.3 Å². The molecule has 2 aromatic rings. The van der Waals surface area contributed by atoms with Crippen LogP contribution < -0.4 is 0 Å². The Kier molecular flexibility index (Phi) is 4.95. The lowest BCUT2D eigenvalue weighted by Crippen LogP contribution is -2.30. The Morgan fingerprint density at radius 3 is 2.58 bits per heavy atom. The normalized spacial score (nSPS) is 18.6. The molecule has 3 rings (SSSR count). The fraction of sp³-hybridized carbons (Fsp3) is 0.200. The van der Waals surface area contributed by atoms with Crippen molar-refractivity contribution >= 4 is 43.4 Å². The summed E-state index contributed by atoms with van der Waals surface area (Å²) >= 11 is 4.90. The predicted molar refractivity (Wildman–Crippen MR) is 96.3 cm³/mol. The molecule has 0 unspecified atom stereocenters. The van der Waals surface area contributed by atoms with Crippen molar-refractivity contribution in [1.29, 1.82) is 0 Å². The Balaban J connectivity index is 1.97. The van der Waals surface area contributed by atoms with Crippen LogP contribution in [0.3, 0.4) is 0 Å². The van der Waals surface area contributed by atoms with Crippen LogP contribution in [-0.2, 0) is 10.0 Å². The molecule has 0 saturated carbocycles. The van der Waals surface area contributed by atoms with Crippen LogP contribution in [0, 0.1) is 10.1 Å². The smallest absolute Gasteiger partial charge is 0.258 e. The van der Waals surface area contributed by atoms with Gasteiger partial charge in [-0.05, 0) is 23.8 Å². The van der Waals surface area contributed by atoms with Gasteiger partial charge in [0, 0.05) is 28.9 Å². The highest BCUT2D eigenvalue weighted by molar-refractivity contribution is 9.10. The molecular weight excluding hydrogens is 416 g/mol. The van der Waals surface area contributed by atoms with Gasteiger partial charge in [-0.25, -0.2) is 8.42 Å². The molecule has 0 aliphatic carbocycles. The first kappa shape index (κ1) is 17.4. The van der Waals surface area contributed by atoms with Gasteiger partial charge < -0.3 is 0 Å². The fourth-order valence-electron chi connectivity index (χ4n) is 2.48.